The lowest BCUT2D eigenvalue weighted by atomic mass is 9.76. The smallest absolute Gasteiger partial charge is 0.373 e. The van der Waals surface area contributed by atoms with E-state index in [0.717, 1.165) is 0 Å². The number of dihydropyridines is 2. The molecule has 3 heterocycles. The molecule has 3 rings (SSSR count). The third-order valence-electron chi connectivity index (χ3n) is 5.71. The van der Waals surface area contributed by atoms with Gasteiger partial charge in [-0.3, -0.25) is 0 Å². The highest BCUT2D eigenvalue weighted by Crippen LogP contribution is 2.44. The Hall–Kier alpha value is -4.75. The van der Waals surface area contributed by atoms with Crippen LogP contribution >= 0.6 is 0 Å². The minimum Gasteiger partial charge on any atom is -0.466 e. The van der Waals surface area contributed by atoms with Crippen molar-refractivity contribution < 1.29 is 23.5 Å². The first-order chi connectivity index (χ1) is 16.2. The zero-order valence-electron chi connectivity index (χ0n) is 19.2. The molecule has 1 unspecified atom stereocenters. The van der Waals surface area contributed by atoms with Gasteiger partial charge in [-0.15, -0.1) is 0 Å². The molecule has 172 valence electrons. The van der Waals surface area contributed by atoms with Gasteiger partial charge in [0.15, 0.2) is 0 Å². The molecule has 0 saturated heterocycles. The molecule has 1 aromatic heterocycles. The summed E-state index contributed by atoms with van der Waals surface area (Å²) in [6, 6.07) is 9.18. The Bertz CT molecular complexity index is 1300. The van der Waals surface area contributed by atoms with Gasteiger partial charge in [0.25, 0.3) is 0 Å². The summed E-state index contributed by atoms with van der Waals surface area (Å²) < 4.78 is 15.4. The molecular formula is C24H21N5O5. The van der Waals surface area contributed by atoms with Gasteiger partial charge in [-0.1, -0.05) is 0 Å². The monoisotopic (exact) mass is 459 g/mol. The van der Waals surface area contributed by atoms with E-state index < -0.39 is 23.8 Å². The first-order valence-corrected chi connectivity index (χ1v) is 10.1. The molecule has 0 saturated carbocycles. The second-order valence-corrected chi connectivity index (χ2v) is 7.58. The zero-order valence-corrected chi connectivity index (χ0v) is 19.2. The molecule has 0 amide bonds. The Labute approximate surface area is 196 Å². The van der Waals surface area contributed by atoms with Crippen LogP contribution in [-0.4, -0.2) is 26.2 Å². The molecule has 2 aliphatic rings. The predicted octanol–water partition coefficient (Wildman–Crippen LogP) is 2.79. The van der Waals surface area contributed by atoms with E-state index in [4.69, 9.17) is 9.15 Å². The normalized spacial score (nSPS) is 18.5. The van der Waals surface area contributed by atoms with Gasteiger partial charge in [0.05, 0.1) is 66.6 Å². The van der Waals surface area contributed by atoms with Crippen LogP contribution in [0.15, 0.2) is 61.6 Å². The summed E-state index contributed by atoms with van der Waals surface area (Å²) in [7, 11) is 2.38. The third kappa shape index (κ3) is 3.80. The fraction of sp³-hybridized carbons (Fsp3) is 0.292. The van der Waals surface area contributed by atoms with Crippen molar-refractivity contribution >= 4 is 11.9 Å². The second-order valence-electron chi connectivity index (χ2n) is 7.58. The van der Waals surface area contributed by atoms with Gasteiger partial charge in [0.2, 0.25) is 5.76 Å². The molecule has 10 nitrogen and oxygen atoms in total. The molecule has 0 spiro atoms. The lowest BCUT2D eigenvalue weighted by Crippen LogP contribution is -2.36. The highest BCUT2D eigenvalue weighted by Gasteiger charge is 2.43. The number of carbonyl (C=O) groups excluding carboxylic acids is 2. The van der Waals surface area contributed by atoms with Crippen molar-refractivity contribution in [3.05, 3.63) is 68.7 Å². The Morgan fingerprint density at radius 3 is 1.82 bits per heavy atom. The summed E-state index contributed by atoms with van der Waals surface area (Å²) in [6.45, 7) is 5.02. The number of nitriles is 3. The molecule has 2 aliphatic heterocycles. The maximum absolute atomic E-state index is 13.1. The highest BCUT2D eigenvalue weighted by molar-refractivity contribution is 5.93. The predicted molar refractivity (Wildman–Crippen MR) is 117 cm³/mol. The minimum atomic E-state index is -1.05. The van der Waals surface area contributed by atoms with Gasteiger partial charge in [-0.25, -0.2) is 9.59 Å². The molecule has 0 fully saturated rings. The van der Waals surface area contributed by atoms with E-state index in [-0.39, 0.29) is 39.5 Å². The Balaban J connectivity index is 2.37. The summed E-state index contributed by atoms with van der Waals surface area (Å²) in [5.74, 6) is -3.46. The number of esters is 2. The lowest BCUT2D eigenvalue weighted by Gasteiger charge is -2.34. The van der Waals surface area contributed by atoms with Gasteiger partial charge in [-0.2, -0.15) is 15.8 Å². The van der Waals surface area contributed by atoms with Crippen LogP contribution in [0, 0.1) is 39.9 Å². The Kier molecular flexibility index (Phi) is 6.61. The molecule has 2 N–H and O–H groups in total. The standard InChI is InChI=1S/C24H21N5O5/c1-11-14(8-25)19(15(9-26)12(2)28-11)22-21(24(31)33-5)20(16(10-27)13(3)29-22)17-6-7-18(34-17)23(30)32-4/h6-7,19-20,28-29H,1-5H3. The van der Waals surface area contributed by atoms with E-state index in [0.29, 0.717) is 17.1 Å². The highest BCUT2D eigenvalue weighted by atomic mass is 16.5. The number of nitrogens with one attached hydrogen (secondary N) is 2. The zero-order chi connectivity index (χ0) is 25.2. The van der Waals surface area contributed by atoms with E-state index in [2.05, 4.69) is 33.6 Å². The largest absolute Gasteiger partial charge is 0.466 e. The van der Waals surface area contributed by atoms with Crippen LogP contribution in [0.25, 0.3) is 0 Å². The number of hydrogen-bond acceptors (Lipinski definition) is 10. The maximum Gasteiger partial charge on any atom is 0.373 e. The average Bonchev–Trinajstić information content (AvgIpc) is 3.31. The molecule has 0 aromatic carbocycles. The van der Waals surface area contributed by atoms with Crippen LogP contribution in [0.4, 0.5) is 0 Å². The van der Waals surface area contributed by atoms with Gasteiger partial charge in [0.1, 0.15) is 5.76 Å². The first-order valence-electron chi connectivity index (χ1n) is 10.1. The number of furan rings is 1. The van der Waals surface area contributed by atoms with E-state index in [1.165, 1.54) is 26.4 Å². The number of nitrogens with zero attached hydrogens (tertiary/aromatic N) is 3. The van der Waals surface area contributed by atoms with Gasteiger partial charge in [0, 0.05) is 22.8 Å². The van der Waals surface area contributed by atoms with Crippen molar-refractivity contribution in [2.75, 3.05) is 14.2 Å². The van der Waals surface area contributed by atoms with Crippen molar-refractivity contribution in [1.82, 2.24) is 10.6 Å². The van der Waals surface area contributed by atoms with Crippen molar-refractivity contribution in [1.29, 1.82) is 15.8 Å². The van der Waals surface area contributed by atoms with Crippen LogP contribution in [0.5, 0.6) is 0 Å². The Morgan fingerprint density at radius 1 is 0.824 bits per heavy atom. The average molecular weight is 459 g/mol. The Morgan fingerprint density at radius 2 is 1.32 bits per heavy atom. The van der Waals surface area contributed by atoms with E-state index in [9.17, 15) is 25.4 Å². The van der Waals surface area contributed by atoms with E-state index >= 15 is 0 Å². The number of ether oxygens (including phenoxy) is 2. The summed E-state index contributed by atoms with van der Waals surface area (Å²) in [4.78, 5) is 25.1. The lowest BCUT2D eigenvalue weighted by molar-refractivity contribution is -0.136. The molecule has 0 radical (unpaired) electrons. The molecule has 0 aliphatic carbocycles. The second kappa shape index (κ2) is 9.40. The summed E-state index contributed by atoms with van der Waals surface area (Å²) in [5, 5.41) is 35.8. The van der Waals surface area contributed by atoms with Crippen LogP contribution in [0.3, 0.4) is 0 Å². The number of allylic oxidation sites excluding steroid dienone is 5. The SMILES string of the molecule is COC(=O)C1=C(C2C(C#N)=C(C)NC(C)=C2C#N)NC(C)=C(C#N)C1c1ccc(C(=O)OC)o1. The van der Waals surface area contributed by atoms with E-state index in [1.807, 2.05) is 0 Å². The molecule has 34 heavy (non-hydrogen) atoms. The molecule has 10 heteroatoms. The minimum absolute atomic E-state index is 0.0107. The molecule has 0 bridgehead atoms. The van der Waals surface area contributed by atoms with Crippen LogP contribution in [0.2, 0.25) is 0 Å². The van der Waals surface area contributed by atoms with Gasteiger partial charge >= 0.3 is 11.9 Å². The van der Waals surface area contributed by atoms with Crippen molar-refractivity contribution in [3.8, 4) is 18.2 Å². The maximum atomic E-state index is 13.1. The molecule has 1 aromatic rings. The van der Waals surface area contributed by atoms with Crippen molar-refractivity contribution in [2.24, 2.45) is 5.92 Å². The third-order valence-corrected chi connectivity index (χ3v) is 5.71. The van der Waals surface area contributed by atoms with Crippen LogP contribution in [0.1, 0.15) is 43.0 Å². The topological polar surface area (TPSA) is 161 Å². The fourth-order valence-electron chi connectivity index (χ4n) is 4.15. The number of hydrogen-bond donors (Lipinski definition) is 2. The van der Waals surface area contributed by atoms with Crippen molar-refractivity contribution in [3.63, 3.8) is 0 Å². The summed E-state index contributed by atoms with van der Waals surface area (Å²) in [6.07, 6.45) is 0. The van der Waals surface area contributed by atoms with E-state index in [1.54, 1.807) is 20.8 Å². The number of rotatable bonds is 4. The summed E-state index contributed by atoms with van der Waals surface area (Å²) in [5.41, 5.74) is 2.27. The fourth-order valence-corrected chi connectivity index (χ4v) is 4.15. The summed E-state index contributed by atoms with van der Waals surface area (Å²) >= 11 is 0. The first kappa shape index (κ1) is 23.9. The molecule has 1 atom stereocenters. The molecular weight excluding hydrogens is 438 g/mol. The quantitative estimate of drug-likeness (QED) is 0.640. The van der Waals surface area contributed by atoms with Crippen LogP contribution in [-0.2, 0) is 14.3 Å². The number of carbonyl (C=O) groups is 2. The van der Waals surface area contributed by atoms with Crippen LogP contribution < -0.4 is 10.6 Å². The van der Waals surface area contributed by atoms with Crippen molar-refractivity contribution in [2.45, 2.75) is 26.7 Å². The van der Waals surface area contributed by atoms with Gasteiger partial charge < -0.3 is 24.5 Å². The van der Waals surface area contributed by atoms with Gasteiger partial charge in [-0.05, 0) is 32.9 Å². The number of methoxy groups -OCH3 is 2.